The number of anilines is 1. The highest BCUT2D eigenvalue weighted by molar-refractivity contribution is 5.58. The van der Waals surface area contributed by atoms with Gasteiger partial charge in [0.2, 0.25) is 0 Å². The van der Waals surface area contributed by atoms with Crippen LogP contribution in [0.4, 0.5) is 10.1 Å². The SMILES string of the molecule is Nc1ccc(-c2nc(CC3CCCO3)no2)c(F)c1. The molecule has 2 aromatic rings. The van der Waals surface area contributed by atoms with Crippen LogP contribution >= 0.6 is 0 Å². The summed E-state index contributed by atoms with van der Waals surface area (Å²) in [7, 11) is 0. The van der Waals surface area contributed by atoms with Crippen molar-refractivity contribution in [1.29, 1.82) is 0 Å². The molecular weight excluding hydrogens is 249 g/mol. The van der Waals surface area contributed by atoms with Gasteiger partial charge >= 0.3 is 0 Å². The van der Waals surface area contributed by atoms with Gasteiger partial charge in [-0.2, -0.15) is 4.98 Å². The first kappa shape index (κ1) is 12.1. The lowest BCUT2D eigenvalue weighted by Gasteiger charge is -2.03. The maximum absolute atomic E-state index is 13.7. The Bertz CT molecular complexity index is 579. The highest BCUT2D eigenvalue weighted by atomic mass is 19.1. The Balaban J connectivity index is 1.80. The molecule has 3 rings (SSSR count). The molecule has 1 aromatic carbocycles. The molecule has 0 amide bonds. The molecule has 1 atom stereocenters. The van der Waals surface area contributed by atoms with Crippen LogP contribution in [0.25, 0.3) is 11.5 Å². The third-order valence-electron chi connectivity index (χ3n) is 3.13. The molecule has 0 aliphatic carbocycles. The van der Waals surface area contributed by atoms with E-state index < -0.39 is 5.82 Å². The number of nitrogens with two attached hydrogens (primary N) is 1. The number of rotatable bonds is 3. The van der Waals surface area contributed by atoms with Gasteiger partial charge in [0.1, 0.15) is 5.82 Å². The van der Waals surface area contributed by atoms with Gasteiger partial charge in [-0.3, -0.25) is 0 Å². The fraction of sp³-hybridized carbons (Fsp3) is 0.385. The second-order valence-electron chi connectivity index (χ2n) is 4.59. The zero-order valence-electron chi connectivity index (χ0n) is 10.3. The maximum atomic E-state index is 13.7. The van der Waals surface area contributed by atoms with Crippen molar-refractivity contribution in [1.82, 2.24) is 10.1 Å². The Labute approximate surface area is 109 Å². The van der Waals surface area contributed by atoms with Gasteiger partial charge < -0.3 is 15.0 Å². The van der Waals surface area contributed by atoms with Crippen LogP contribution in [-0.4, -0.2) is 22.9 Å². The van der Waals surface area contributed by atoms with Gasteiger partial charge in [0, 0.05) is 18.7 Å². The van der Waals surface area contributed by atoms with Crippen molar-refractivity contribution in [2.24, 2.45) is 0 Å². The molecule has 19 heavy (non-hydrogen) atoms. The van der Waals surface area contributed by atoms with Crippen LogP contribution in [0.5, 0.6) is 0 Å². The number of nitrogen functional groups attached to an aromatic ring is 1. The summed E-state index contributed by atoms with van der Waals surface area (Å²) in [6.45, 7) is 0.780. The van der Waals surface area contributed by atoms with Gasteiger partial charge in [-0.25, -0.2) is 4.39 Å². The summed E-state index contributed by atoms with van der Waals surface area (Å²) in [6.07, 6.45) is 2.80. The first-order valence-corrected chi connectivity index (χ1v) is 6.22. The average molecular weight is 263 g/mol. The van der Waals surface area contributed by atoms with Gasteiger partial charge in [0.05, 0.1) is 11.7 Å². The quantitative estimate of drug-likeness (QED) is 0.859. The highest BCUT2D eigenvalue weighted by Crippen LogP contribution is 2.24. The lowest BCUT2D eigenvalue weighted by molar-refractivity contribution is 0.109. The Morgan fingerprint density at radius 1 is 1.42 bits per heavy atom. The predicted octanol–water partition coefficient (Wildman–Crippen LogP) is 2.18. The summed E-state index contributed by atoms with van der Waals surface area (Å²) in [5, 5.41) is 3.86. The van der Waals surface area contributed by atoms with Crippen molar-refractivity contribution in [2.45, 2.75) is 25.4 Å². The fourth-order valence-electron chi connectivity index (χ4n) is 2.16. The molecule has 0 saturated carbocycles. The average Bonchev–Trinajstić information content (AvgIpc) is 3.01. The Hall–Kier alpha value is -1.95. The zero-order chi connectivity index (χ0) is 13.2. The molecule has 5 nitrogen and oxygen atoms in total. The van der Waals surface area contributed by atoms with Crippen molar-refractivity contribution in [3.8, 4) is 11.5 Å². The molecule has 1 unspecified atom stereocenters. The lowest BCUT2D eigenvalue weighted by Crippen LogP contribution is -2.09. The summed E-state index contributed by atoms with van der Waals surface area (Å²) >= 11 is 0. The minimum absolute atomic E-state index is 0.140. The molecule has 0 spiro atoms. The molecular formula is C13H14FN3O2. The van der Waals surface area contributed by atoms with Gasteiger partial charge in [-0.1, -0.05) is 5.16 Å². The summed E-state index contributed by atoms with van der Waals surface area (Å²) in [4.78, 5) is 4.20. The third-order valence-corrected chi connectivity index (χ3v) is 3.13. The van der Waals surface area contributed by atoms with E-state index in [9.17, 15) is 4.39 Å². The van der Waals surface area contributed by atoms with Crippen LogP contribution in [0, 0.1) is 5.82 Å². The highest BCUT2D eigenvalue weighted by Gasteiger charge is 2.20. The normalized spacial score (nSPS) is 18.9. The molecule has 1 saturated heterocycles. The predicted molar refractivity (Wildman–Crippen MR) is 66.8 cm³/mol. The summed E-state index contributed by atoms with van der Waals surface area (Å²) in [5.74, 6) is 0.246. The molecule has 1 aliphatic rings. The smallest absolute Gasteiger partial charge is 0.260 e. The van der Waals surface area contributed by atoms with E-state index in [1.54, 1.807) is 6.07 Å². The molecule has 6 heteroatoms. The van der Waals surface area contributed by atoms with E-state index in [2.05, 4.69) is 10.1 Å². The molecule has 0 bridgehead atoms. The Morgan fingerprint density at radius 3 is 3.05 bits per heavy atom. The van der Waals surface area contributed by atoms with Crippen molar-refractivity contribution in [3.63, 3.8) is 0 Å². The largest absolute Gasteiger partial charge is 0.399 e. The number of ether oxygens (including phenoxy) is 1. The minimum atomic E-state index is -0.465. The Kier molecular flexibility index (Phi) is 3.16. The number of aromatic nitrogens is 2. The van der Waals surface area contributed by atoms with Crippen molar-refractivity contribution in [2.75, 3.05) is 12.3 Å². The van der Waals surface area contributed by atoms with E-state index in [1.165, 1.54) is 12.1 Å². The second kappa shape index (κ2) is 4.97. The molecule has 2 N–H and O–H groups in total. The zero-order valence-corrected chi connectivity index (χ0v) is 10.3. The minimum Gasteiger partial charge on any atom is -0.399 e. The molecule has 1 aromatic heterocycles. The van der Waals surface area contributed by atoms with Crippen LogP contribution in [0.15, 0.2) is 22.7 Å². The van der Waals surface area contributed by atoms with Crippen molar-refractivity contribution >= 4 is 5.69 Å². The lowest BCUT2D eigenvalue weighted by atomic mass is 10.1. The van der Waals surface area contributed by atoms with Crippen LogP contribution < -0.4 is 5.73 Å². The van der Waals surface area contributed by atoms with Gasteiger partial charge in [0.15, 0.2) is 5.82 Å². The number of halogens is 1. The maximum Gasteiger partial charge on any atom is 0.260 e. The second-order valence-corrected chi connectivity index (χ2v) is 4.59. The van der Waals surface area contributed by atoms with Crippen molar-refractivity contribution < 1.29 is 13.7 Å². The Morgan fingerprint density at radius 2 is 2.32 bits per heavy atom. The van der Waals surface area contributed by atoms with E-state index >= 15 is 0 Å². The standard InChI is InChI=1S/C13H14FN3O2/c14-11-6-8(15)3-4-10(11)13-16-12(17-19-13)7-9-2-1-5-18-9/h3-4,6,9H,1-2,5,7,15H2. The molecule has 100 valence electrons. The molecule has 1 fully saturated rings. The first-order valence-electron chi connectivity index (χ1n) is 6.22. The van der Waals surface area contributed by atoms with E-state index in [0.29, 0.717) is 17.9 Å². The topological polar surface area (TPSA) is 74.2 Å². The summed E-state index contributed by atoms with van der Waals surface area (Å²) in [5.41, 5.74) is 6.12. The number of nitrogens with zero attached hydrogens (tertiary/aromatic N) is 2. The monoisotopic (exact) mass is 263 g/mol. The van der Waals surface area contributed by atoms with Gasteiger partial charge in [-0.05, 0) is 31.0 Å². The van der Waals surface area contributed by atoms with Crippen LogP contribution in [-0.2, 0) is 11.2 Å². The van der Waals surface area contributed by atoms with Gasteiger partial charge in [-0.15, -0.1) is 0 Å². The molecule has 1 aliphatic heterocycles. The van der Waals surface area contributed by atoms with E-state index in [-0.39, 0.29) is 17.6 Å². The molecule has 0 radical (unpaired) electrons. The number of benzene rings is 1. The van der Waals surface area contributed by atoms with E-state index in [0.717, 1.165) is 19.4 Å². The van der Waals surface area contributed by atoms with Crippen molar-refractivity contribution in [3.05, 3.63) is 29.8 Å². The van der Waals surface area contributed by atoms with Crippen LogP contribution in [0.1, 0.15) is 18.7 Å². The third kappa shape index (κ3) is 2.58. The summed E-state index contributed by atoms with van der Waals surface area (Å²) in [6, 6.07) is 4.37. The van der Waals surface area contributed by atoms with Gasteiger partial charge in [0.25, 0.3) is 5.89 Å². The van der Waals surface area contributed by atoms with Crippen LogP contribution in [0.2, 0.25) is 0 Å². The first-order chi connectivity index (χ1) is 9.22. The fourth-order valence-corrected chi connectivity index (χ4v) is 2.16. The van der Waals surface area contributed by atoms with E-state index in [1.807, 2.05) is 0 Å². The van der Waals surface area contributed by atoms with Crippen LogP contribution in [0.3, 0.4) is 0 Å². The van der Waals surface area contributed by atoms with E-state index in [4.69, 9.17) is 15.0 Å². The summed E-state index contributed by atoms with van der Waals surface area (Å²) < 4.78 is 24.3. The molecule has 2 heterocycles. The number of hydrogen-bond donors (Lipinski definition) is 1. The number of hydrogen-bond acceptors (Lipinski definition) is 5.